The highest BCUT2D eigenvalue weighted by Gasteiger charge is 2.11. The van der Waals surface area contributed by atoms with E-state index in [9.17, 15) is 4.79 Å². The normalized spacial score (nSPS) is 9.88. The van der Waals surface area contributed by atoms with Gasteiger partial charge in [0.2, 0.25) is 5.88 Å². The molecule has 0 fully saturated rings. The maximum Gasteiger partial charge on any atom is 0.339 e. The number of aromatic nitrogens is 1. The van der Waals surface area contributed by atoms with Crippen molar-refractivity contribution in [3.63, 3.8) is 0 Å². The molecule has 1 aromatic heterocycles. The molecule has 1 aromatic rings. The Hall–Kier alpha value is -0.940. The molecule has 5 heteroatoms. The molecule has 0 atom stereocenters. The maximum atomic E-state index is 11.4. The van der Waals surface area contributed by atoms with Crippen molar-refractivity contribution in [1.82, 2.24) is 4.98 Å². The fraction of sp³-hybridized carbons (Fsp3) is 0.273. The van der Waals surface area contributed by atoms with Gasteiger partial charge in [0, 0.05) is 17.5 Å². The number of carbonyl (C=O) groups is 1. The Bertz CT molecular complexity index is 393. The minimum atomic E-state index is -0.443. The molecule has 0 saturated carbocycles. The van der Waals surface area contributed by atoms with Gasteiger partial charge in [0.1, 0.15) is 0 Å². The van der Waals surface area contributed by atoms with Crippen molar-refractivity contribution in [2.45, 2.75) is 18.7 Å². The number of carbonyl (C=O) groups excluding carboxylic acids is 1. The summed E-state index contributed by atoms with van der Waals surface area (Å²) in [5.41, 5.74) is 0.366. The number of ether oxygens (including phenoxy) is 1. The second-order valence-corrected chi connectivity index (χ2v) is 5.59. The number of rotatable bonds is 5. The van der Waals surface area contributed by atoms with E-state index in [0.717, 1.165) is 10.6 Å². The lowest BCUT2D eigenvalue weighted by atomic mass is 10.4. The summed E-state index contributed by atoms with van der Waals surface area (Å²) in [6.07, 6.45) is 1.60. The topological polar surface area (TPSA) is 39.2 Å². The highest BCUT2D eigenvalue weighted by Crippen LogP contribution is 2.35. The molecule has 1 rings (SSSR count). The lowest BCUT2D eigenvalue weighted by Gasteiger charge is -2.06. The van der Waals surface area contributed by atoms with Crippen LogP contribution < -0.4 is 4.74 Å². The van der Waals surface area contributed by atoms with Crippen LogP contribution in [0.2, 0.25) is 0 Å². The summed E-state index contributed by atoms with van der Waals surface area (Å²) in [6, 6.07) is 3.69. The third-order valence-corrected chi connectivity index (χ3v) is 3.98. The Morgan fingerprint density at radius 1 is 1.62 bits per heavy atom. The molecule has 0 bridgehead atoms. The van der Waals surface area contributed by atoms with Crippen LogP contribution in [-0.2, 0) is 4.79 Å². The number of hydrogen-bond donors (Lipinski definition) is 0. The molecule has 3 nitrogen and oxygen atoms in total. The monoisotopic (exact) mass is 255 g/mol. The molecule has 86 valence electrons. The zero-order valence-electron chi connectivity index (χ0n) is 9.23. The standard InChI is InChI=1S/C11H13NO2S2/c1-4-15-16-9-6-5-7-12-10(9)14-11(13)8(2)3/h5-7H,2,4H2,1,3H3. The summed E-state index contributed by atoms with van der Waals surface area (Å²) < 4.78 is 5.12. The quantitative estimate of drug-likeness (QED) is 0.458. The van der Waals surface area contributed by atoms with E-state index in [1.165, 1.54) is 0 Å². The van der Waals surface area contributed by atoms with Crippen LogP contribution in [0.25, 0.3) is 0 Å². The van der Waals surface area contributed by atoms with Crippen molar-refractivity contribution in [3.8, 4) is 5.88 Å². The highest BCUT2D eigenvalue weighted by molar-refractivity contribution is 8.76. The predicted octanol–water partition coefficient (Wildman–Crippen LogP) is 3.32. The van der Waals surface area contributed by atoms with Crippen LogP contribution in [0, 0.1) is 0 Å². The van der Waals surface area contributed by atoms with Gasteiger partial charge in [-0.2, -0.15) is 0 Å². The second kappa shape index (κ2) is 6.60. The first-order chi connectivity index (χ1) is 7.65. The Morgan fingerprint density at radius 2 is 2.38 bits per heavy atom. The minimum absolute atomic E-state index is 0.349. The van der Waals surface area contributed by atoms with Gasteiger partial charge in [0.05, 0.1) is 4.90 Å². The number of hydrogen-bond acceptors (Lipinski definition) is 5. The van der Waals surface area contributed by atoms with E-state index in [4.69, 9.17) is 4.74 Å². The van der Waals surface area contributed by atoms with Crippen molar-refractivity contribution >= 4 is 27.6 Å². The zero-order valence-corrected chi connectivity index (χ0v) is 10.9. The summed E-state index contributed by atoms with van der Waals surface area (Å²) >= 11 is 0. The van der Waals surface area contributed by atoms with Gasteiger partial charge in [-0.1, -0.05) is 35.1 Å². The van der Waals surface area contributed by atoms with Gasteiger partial charge in [0.25, 0.3) is 0 Å². The van der Waals surface area contributed by atoms with Crippen LogP contribution in [-0.4, -0.2) is 16.7 Å². The molecule has 0 saturated heterocycles. The molecule has 0 unspecified atom stereocenters. The van der Waals surface area contributed by atoms with Gasteiger partial charge < -0.3 is 4.74 Å². The molecular weight excluding hydrogens is 242 g/mol. The molecule has 0 aliphatic rings. The molecule has 0 aliphatic carbocycles. The van der Waals surface area contributed by atoms with Crippen molar-refractivity contribution in [2.75, 3.05) is 5.75 Å². The van der Waals surface area contributed by atoms with Crippen LogP contribution in [0.1, 0.15) is 13.8 Å². The van der Waals surface area contributed by atoms with Crippen molar-refractivity contribution in [2.24, 2.45) is 0 Å². The number of pyridine rings is 1. The molecule has 16 heavy (non-hydrogen) atoms. The van der Waals surface area contributed by atoms with Gasteiger partial charge in [-0.25, -0.2) is 9.78 Å². The highest BCUT2D eigenvalue weighted by atomic mass is 33.1. The number of nitrogens with zero attached hydrogens (tertiary/aromatic N) is 1. The van der Waals surface area contributed by atoms with Crippen LogP contribution in [0.4, 0.5) is 0 Å². The van der Waals surface area contributed by atoms with Crippen LogP contribution >= 0.6 is 21.6 Å². The molecule has 0 amide bonds. The van der Waals surface area contributed by atoms with E-state index in [2.05, 4.69) is 18.5 Å². The zero-order chi connectivity index (χ0) is 12.0. The van der Waals surface area contributed by atoms with Gasteiger partial charge in [-0.05, 0) is 19.1 Å². The lowest BCUT2D eigenvalue weighted by Crippen LogP contribution is -2.09. The van der Waals surface area contributed by atoms with E-state index >= 15 is 0 Å². The SMILES string of the molecule is C=C(C)C(=O)Oc1ncccc1SSCC. The Balaban J connectivity index is 2.78. The smallest absolute Gasteiger partial charge is 0.339 e. The molecule has 0 aliphatic heterocycles. The first-order valence-electron chi connectivity index (χ1n) is 4.77. The van der Waals surface area contributed by atoms with Gasteiger partial charge in [-0.3, -0.25) is 0 Å². The Kier molecular flexibility index (Phi) is 5.42. The summed E-state index contributed by atoms with van der Waals surface area (Å²) in [6.45, 7) is 7.20. The van der Waals surface area contributed by atoms with Gasteiger partial charge in [0.15, 0.2) is 0 Å². The molecule has 0 N–H and O–H groups in total. The maximum absolute atomic E-state index is 11.4. The first kappa shape index (κ1) is 13.1. The van der Waals surface area contributed by atoms with E-state index < -0.39 is 5.97 Å². The fourth-order valence-corrected chi connectivity index (χ4v) is 2.47. The van der Waals surface area contributed by atoms with Crippen LogP contribution in [0.5, 0.6) is 5.88 Å². The second-order valence-electron chi connectivity index (χ2n) is 2.97. The summed E-state index contributed by atoms with van der Waals surface area (Å²) in [7, 11) is 3.22. The third kappa shape index (κ3) is 3.90. The van der Waals surface area contributed by atoms with Gasteiger partial charge >= 0.3 is 5.97 Å². The minimum Gasteiger partial charge on any atom is -0.403 e. The van der Waals surface area contributed by atoms with E-state index in [-0.39, 0.29) is 0 Å². The molecule has 1 heterocycles. The Morgan fingerprint density at radius 3 is 3.00 bits per heavy atom. The summed E-state index contributed by atoms with van der Waals surface area (Å²) in [4.78, 5) is 16.2. The average Bonchev–Trinajstić information content (AvgIpc) is 2.27. The Labute approximate surface area is 103 Å². The van der Waals surface area contributed by atoms with Crippen LogP contribution in [0.3, 0.4) is 0 Å². The van der Waals surface area contributed by atoms with Gasteiger partial charge in [-0.15, -0.1) is 0 Å². The lowest BCUT2D eigenvalue weighted by molar-refractivity contribution is -0.130. The van der Waals surface area contributed by atoms with Crippen molar-refractivity contribution < 1.29 is 9.53 Å². The molecule has 0 radical (unpaired) electrons. The largest absolute Gasteiger partial charge is 0.403 e. The van der Waals surface area contributed by atoms with Crippen LogP contribution in [0.15, 0.2) is 35.4 Å². The fourth-order valence-electron chi connectivity index (χ4n) is 0.813. The summed E-state index contributed by atoms with van der Waals surface area (Å²) in [5.74, 6) is 0.886. The predicted molar refractivity (Wildman–Crippen MR) is 68.7 cm³/mol. The third-order valence-electron chi connectivity index (χ3n) is 1.54. The van der Waals surface area contributed by atoms with Crippen molar-refractivity contribution in [3.05, 3.63) is 30.5 Å². The average molecular weight is 255 g/mol. The van der Waals surface area contributed by atoms with E-state index in [1.54, 1.807) is 34.7 Å². The van der Waals surface area contributed by atoms with Crippen molar-refractivity contribution in [1.29, 1.82) is 0 Å². The first-order valence-corrected chi connectivity index (χ1v) is 7.09. The molecular formula is C11H13NO2S2. The number of esters is 1. The van der Waals surface area contributed by atoms with E-state index in [1.807, 2.05) is 12.1 Å². The molecule has 0 spiro atoms. The van der Waals surface area contributed by atoms with E-state index in [0.29, 0.717) is 11.5 Å². The molecule has 0 aromatic carbocycles. The summed E-state index contributed by atoms with van der Waals surface area (Å²) in [5, 5.41) is 0.